The maximum absolute atomic E-state index is 10.4. The molecular weight excluding hydrogens is 321 g/mol. The lowest BCUT2D eigenvalue weighted by Crippen LogP contribution is -1.94. The van der Waals surface area contributed by atoms with Crippen LogP contribution in [0.25, 0.3) is 5.69 Å². The van der Waals surface area contributed by atoms with Gasteiger partial charge in [0.15, 0.2) is 5.88 Å². The lowest BCUT2D eigenvalue weighted by atomic mass is 10.1. The Labute approximate surface area is 138 Å². The van der Waals surface area contributed by atoms with Crippen LogP contribution < -0.4 is 0 Å². The summed E-state index contributed by atoms with van der Waals surface area (Å²) < 4.78 is 1.32. The van der Waals surface area contributed by atoms with E-state index in [0.717, 1.165) is 5.56 Å². The van der Waals surface area contributed by atoms with Gasteiger partial charge < -0.3 is 10.2 Å². The van der Waals surface area contributed by atoms with Crippen molar-refractivity contribution >= 4 is 23.2 Å². The molecule has 0 amide bonds. The Bertz CT molecular complexity index is 793. The van der Waals surface area contributed by atoms with Gasteiger partial charge in [0.25, 0.3) is 0 Å². The lowest BCUT2D eigenvalue weighted by Gasteiger charge is -2.08. The number of hydrogen-bond acceptors (Lipinski definition) is 2. The molecule has 0 aliphatic heterocycles. The summed E-state index contributed by atoms with van der Waals surface area (Å²) in [6.07, 6.45) is 0.515. The van der Waals surface area contributed by atoms with Crippen molar-refractivity contribution in [3.8, 4) is 17.4 Å². The zero-order chi connectivity index (χ0) is 15.7. The van der Waals surface area contributed by atoms with Gasteiger partial charge in [0.2, 0.25) is 5.88 Å². The Kier molecular flexibility index (Phi) is 4.01. The standard InChI is InChI=1S/C17H13Cl2NO2/c18-13-8-14(19)10-15(9-13)20-16(21)7-12(17(20)22)6-11-4-2-1-3-5-11/h1-5,7-10,21-22H,6H2. The lowest BCUT2D eigenvalue weighted by molar-refractivity contribution is 0.401. The molecule has 0 spiro atoms. The molecule has 0 saturated heterocycles. The van der Waals surface area contributed by atoms with Crippen molar-refractivity contribution in [2.75, 3.05) is 0 Å². The molecule has 0 bridgehead atoms. The Morgan fingerprint density at radius 3 is 2.14 bits per heavy atom. The molecule has 2 aromatic carbocycles. The summed E-state index contributed by atoms with van der Waals surface area (Å²) in [5, 5.41) is 21.4. The summed E-state index contributed by atoms with van der Waals surface area (Å²) in [5.41, 5.74) is 2.17. The van der Waals surface area contributed by atoms with Crippen LogP contribution in [0.5, 0.6) is 11.8 Å². The van der Waals surface area contributed by atoms with Crippen LogP contribution in [0.1, 0.15) is 11.1 Å². The third-order valence-electron chi connectivity index (χ3n) is 3.37. The number of benzene rings is 2. The summed E-state index contributed by atoms with van der Waals surface area (Å²) >= 11 is 12.0. The van der Waals surface area contributed by atoms with E-state index in [-0.39, 0.29) is 11.8 Å². The van der Waals surface area contributed by atoms with E-state index in [1.165, 1.54) is 10.6 Å². The molecule has 3 rings (SSSR count). The summed E-state index contributed by atoms with van der Waals surface area (Å²) in [4.78, 5) is 0. The monoisotopic (exact) mass is 333 g/mol. The van der Waals surface area contributed by atoms with Crippen molar-refractivity contribution in [2.45, 2.75) is 6.42 Å². The maximum atomic E-state index is 10.4. The first-order valence-electron chi connectivity index (χ1n) is 6.67. The molecule has 0 saturated carbocycles. The van der Waals surface area contributed by atoms with Gasteiger partial charge in [0, 0.05) is 28.1 Å². The quantitative estimate of drug-likeness (QED) is 0.724. The normalized spacial score (nSPS) is 10.8. The number of nitrogens with zero attached hydrogens (tertiary/aromatic N) is 1. The van der Waals surface area contributed by atoms with Crippen LogP contribution in [0.2, 0.25) is 10.0 Å². The van der Waals surface area contributed by atoms with Crippen LogP contribution in [0.4, 0.5) is 0 Å². The van der Waals surface area contributed by atoms with Crippen molar-refractivity contribution in [1.29, 1.82) is 0 Å². The Balaban J connectivity index is 2.03. The fourth-order valence-corrected chi connectivity index (χ4v) is 2.92. The minimum Gasteiger partial charge on any atom is -0.494 e. The zero-order valence-electron chi connectivity index (χ0n) is 11.5. The van der Waals surface area contributed by atoms with Crippen LogP contribution in [-0.4, -0.2) is 14.8 Å². The topological polar surface area (TPSA) is 45.4 Å². The third-order valence-corrected chi connectivity index (χ3v) is 3.81. The molecule has 5 heteroatoms. The SMILES string of the molecule is Oc1cc(Cc2ccccc2)c(O)n1-c1cc(Cl)cc(Cl)c1. The molecule has 3 nitrogen and oxygen atoms in total. The van der Waals surface area contributed by atoms with Gasteiger partial charge in [0.1, 0.15) is 0 Å². The summed E-state index contributed by atoms with van der Waals surface area (Å²) in [6, 6.07) is 16.1. The number of aromatic hydroxyl groups is 2. The van der Waals surface area contributed by atoms with Crippen molar-refractivity contribution in [3.63, 3.8) is 0 Å². The van der Waals surface area contributed by atoms with Crippen LogP contribution in [-0.2, 0) is 6.42 Å². The second-order valence-electron chi connectivity index (χ2n) is 4.98. The van der Waals surface area contributed by atoms with Crippen LogP contribution in [0, 0.1) is 0 Å². The predicted octanol–water partition coefficient (Wildman–Crippen LogP) is 4.79. The average Bonchev–Trinajstić information content (AvgIpc) is 2.73. The van der Waals surface area contributed by atoms with Crippen LogP contribution in [0.15, 0.2) is 54.6 Å². The van der Waals surface area contributed by atoms with E-state index in [9.17, 15) is 10.2 Å². The van der Waals surface area contributed by atoms with Crippen molar-refractivity contribution in [3.05, 3.63) is 75.8 Å². The maximum Gasteiger partial charge on any atom is 0.202 e. The van der Waals surface area contributed by atoms with E-state index < -0.39 is 0 Å². The number of hydrogen-bond donors (Lipinski definition) is 2. The first-order chi connectivity index (χ1) is 10.5. The second-order valence-corrected chi connectivity index (χ2v) is 5.85. The van der Waals surface area contributed by atoms with E-state index in [0.29, 0.717) is 27.7 Å². The van der Waals surface area contributed by atoms with Crippen LogP contribution in [0.3, 0.4) is 0 Å². The van der Waals surface area contributed by atoms with Gasteiger partial charge in [-0.1, -0.05) is 53.5 Å². The van der Waals surface area contributed by atoms with Gasteiger partial charge in [-0.3, -0.25) is 4.57 Å². The highest BCUT2D eigenvalue weighted by Crippen LogP contribution is 2.34. The van der Waals surface area contributed by atoms with Crippen molar-refractivity contribution < 1.29 is 10.2 Å². The molecule has 0 aliphatic rings. The number of rotatable bonds is 3. The molecule has 1 aromatic heterocycles. The number of halogens is 2. The molecule has 0 unspecified atom stereocenters. The fourth-order valence-electron chi connectivity index (χ4n) is 2.41. The van der Waals surface area contributed by atoms with Crippen molar-refractivity contribution in [1.82, 2.24) is 4.57 Å². The van der Waals surface area contributed by atoms with Gasteiger partial charge in [-0.2, -0.15) is 0 Å². The Morgan fingerprint density at radius 2 is 1.50 bits per heavy atom. The number of aromatic nitrogens is 1. The van der Waals surface area contributed by atoms with Crippen LogP contribution >= 0.6 is 23.2 Å². The van der Waals surface area contributed by atoms with Gasteiger partial charge in [-0.15, -0.1) is 0 Å². The summed E-state index contributed by atoms with van der Waals surface area (Å²) in [5.74, 6) is -0.0959. The molecule has 0 fully saturated rings. The second kappa shape index (κ2) is 5.95. The van der Waals surface area contributed by atoms with E-state index in [4.69, 9.17) is 23.2 Å². The third kappa shape index (κ3) is 2.91. The molecule has 0 radical (unpaired) electrons. The van der Waals surface area contributed by atoms with E-state index in [1.807, 2.05) is 30.3 Å². The highest BCUT2D eigenvalue weighted by molar-refractivity contribution is 6.34. The molecule has 22 heavy (non-hydrogen) atoms. The van der Waals surface area contributed by atoms with Gasteiger partial charge in [-0.05, 0) is 23.8 Å². The minimum absolute atomic E-state index is 0.0281. The highest BCUT2D eigenvalue weighted by Gasteiger charge is 2.16. The van der Waals surface area contributed by atoms with Gasteiger partial charge in [0.05, 0.1) is 5.69 Å². The van der Waals surface area contributed by atoms with E-state index >= 15 is 0 Å². The summed E-state index contributed by atoms with van der Waals surface area (Å²) in [7, 11) is 0. The predicted molar refractivity (Wildman–Crippen MR) is 88.4 cm³/mol. The molecule has 1 heterocycles. The van der Waals surface area contributed by atoms with Gasteiger partial charge >= 0.3 is 0 Å². The first kappa shape index (κ1) is 14.8. The highest BCUT2D eigenvalue weighted by atomic mass is 35.5. The molecule has 2 N–H and O–H groups in total. The smallest absolute Gasteiger partial charge is 0.202 e. The summed E-state index contributed by atoms with van der Waals surface area (Å²) in [6.45, 7) is 0. The van der Waals surface area contributed by atoms with E-state index in [2.05, 4.69) is 0 Å². The fraction of sp³-hybridized carbons (Fsp3) is 0.0588. The first-order valence-corrected chi connectivity index (χ1v) is 7.43. The Hall–Kier alpha value is -2.10. The minimum atomic E-state index is -0.0678. The zero-order valence-corrected chi connectivity index (χ0v) is 13.0. The average molecular weight is 334 g/mol. The Morgan fingerprint density at radius 1 is 0.864 bits per heavy atom. The largest absolute Gasteiger partial charge is 0.494 e. The van der Waals surface area contributed by atoms with E-state index in [1.54, 1.807) is 18.2 Å². The van der Waals surface area contributed by atoms with Crippen molar-refractivity contribution in [2.24, 2.45) is 0 Å². The molecule has 0 atom stereocenters. The molecular formula is C17H13Cl2NO2. The van der Waals surface area contributed by atoms with Gasteiger partial charge in [-0.25, -0.2) is 0 Å². The molecule has 112 valence electrons. The molecule has 0 aliphatic carbocycles. The molecule has 3 aromatic rings.